The van der Waals surface area contributed by atoms with Crippen LogP contribution in [0.4, 0.5) is 5.69 Å². The number of hydrogen-bond acceptors (Lipinski definition) is 3. The number of carbonyl (C=O) groups excluding carboxylic acids is 2. The third-order valence-electron chi connectivity index (χ3n) is 5.94. The Morgan fingerprint density at radius 3 is 2.14 bits per heavy atom. The quantitative estimate of drug-likeness (QED) is 0.668. The molecule has 0 atom stereocenters. The number of nitrogens with zero attached hydrogens (tertiary/aromatic N) is 2. The average molecular weight is 409 g/mol. The second-order valence-electron chi connectivity index (χ2n) is 7.95. The predicted octanol–water partition coefficient (Wildman–Crippen LogP) is 5.04. The minimum atomic E-state index is -0.279. The van der Waals surface area contributed by atoms with Crippen LogP contribution in [0.5, 0.6) is 0 Å². The maximum atomic E-state index is 13.5. The fourth-order valence-electron chi connectivity index (χ4n) is 4.04. The third kappa shape index (κ3) is 3.46. The predicted molar refractivity (Wildman–Crippen MR) is 117 cm³/mol. The summed E-state index contributed by atoms with van der Waals surface area (Å²) >= 11 is 6.29. The molecule has 2 aliphatic rings. The van der Waals surface area contributed by atoms with Crippen LogP contribution >= 0.6 is 11.6 Å². The van der Waals surface area contributed by atoms with Crippen molar-refractivity contribution in [2.24, 2.45) is 0 Å². The highest BCUT2D eigenvalue weighted by Gasteiger charge is 2.42. The number of aryl methyl sites for hydroxylation is 3. The topological polar surface area (TPSA) is 40.6 Å². The maximum absolute atomic E-state index is 13.5. The molecule has 2 aromatic carbocycles. The zero-order valence-electron chi connectivity index (χ0n) is 17.1. The summed E-state index contributed by atoms with van der Waals surface area (Å²) in [7, 11) is 0. The number of rotatable bonds is 3. The second-order valence-corrected chi connectivity index (χ2v) is 8.36. The molecule has 2 aliphatic heterocycles. The van der Waals surface area contributed by atoms with Gasteiger partial charge >= 0.3 is 0 Å². The Labute approximate surface area is 176 Å². The van der Waals surface area contributed by atoms with Crippen LogP contribution in [-0.4, -0.2) is 29.8 Å². The Morgan fingerprint density at radius 1 is 0.793 bits per heavy atom. The smallest absolute Gasteiger partial charge is 0.282 e. The van der Waals surface area contributed by atoms with E-state index in [1.165, 1.54) is 4.90 Å². The van der Waals surface area contributed by atoms with Gasteiger partial charge in [-0.15, -0.1) is 0 Å². The molecule has 0 aliphatic carbocycles. The van der Waals surface area contributed by atoms with Crippen LogP contribution in [0.15, 0.2) is 42.1 Å². The number of carbonyl (C=O) groups is 2. The molecule has 0 radical (unpaired) electrons. The molecule has 4 rings (SSSR count). The molecule has 1 saturated heterocycles. The summed E-state index contributed by atoms with van der Waals surface area (Å²) in [6.45, 7) is 7.56. The Bertz CT molecular complexity index is 1040. The number of hydrogen-bond donors (Lipinski definition) is 0. The van der Waals surface area contributed by atoms with E-state index in [0.717, 1.165) is 54.6 Å². The number of anilines is 1. The van der Waals surface area contributed by atoms with Gasteiger partial charge in [0.05, 0.1) is 11.3 Å². The SMILES string of the molecule is Cc1ccc(C2=C(N3CCCCC3)C(=O)N(c3ccc(C)c(Cl)c3)C2=O)cc1C. The second kappa shape index (κ2) is 7.68. The van der Waals surface area contributed by atoms with Gasteiger partial charge in [0.1, 0.15) is 5.70 Å². The molecule has 4 nitrogen and oxygen atoms in total. The molecule has 0 N–H and O–H groups in total. The van der Waals surface area contributed by atoms with Crippen LogP contribution in [-0.2, 0) is 9.59 Å². The summed E-state index contributed by atoms with van der Waals surface area (Å²) < 4.78 is 0. The van der Waals surface area contributed by atoms with Gasteiger partial charge in [0.25, 0.3) is 11.8 Å². The molecule has 2 heterocycles. The molecular formula is C24H25ClN2O2. The lowest BCUT2D eigenvalue weighted by molar-refractivity contribution is -0.120. The summed E-state index contributed by atoms with van der Waals surface area (Å²) in [5.41, 5.74) is 5.51. The fraction of sp³-hybridized carbons (Fsp3) is 0.333. The Morgan fingerprint density at radius 2 is 1.48 bits per heavy atom. The van der Waals surface area contributed by atoms with Crippen LogP contribution in [0.2, 0.25) is 5.02 Å². The zero-order valence-corrected chi connectivity index (χ0v) is 17.8. The number of imide groups is 1. The van der Waals surface area contributed by atoms with Crippen molar-refractivity contribution in [2.45, 2.75) is 40.0 Å². The van der Waals surface area contributed by atoms with E-state index in [9.17, 15) is 9.59 Å². The van der Waals surface area contributed by atoms with Crippen molar-refractivity contribution in [3.63, 3.8) is 0 Å². The van der Waals surface area contributed by atoms with Crippen LogP contribution in [0, 0.1) is 20.8 Å². The molecule has 2 aromatic rings. The summed E-state index contributed by atoms with van der Waals surface area (Å²) in [5.74, 6) is -0.538. The third-order valence-corrected chi connectivity index (χ3v) is 6.35. The van der Waals surface area contributed by atoms with Gasteiger partial charge in [-0.2, -0.15) is 0 Å². The highest BCUT2D eigenvalue weighted by molar-refractivity contribution is 6.45. The number of halogens is 1. The normalized spacial score (nSPS) is 17.5. The van der Waals surface area contributed by atoms with E-state index in [4.69, 9.17) is 11.6 Å². The molecule has 2 amide bonds. The first-order valence-electron chi connectivity index (χ1n) is 10.1. The first-order valence-corrected chi connectivity index (χ1v) is 10.5. The van der Waals surface area contributed by atoms with E-state index in [-0.39, 0.29) is 11.8 Å². The first kappa shape index (κ1) is 19.7. The van der Waals surface area contributed by atoms with Crippen molar-refractivity contribution in [1.29, 1.82) is 0 Å². The van der Waals surface area contributed by atoms with Gasteiger partial charge in [0, 0.05) is 18.1 Å². The van der Waals surface area contributed by atoms with Crippen LogP contribution in [0.1, 0.15) is 41.5 Å². The zero-order chi connectivity index (χ0) is 20.7. The fourth-order valence-corrected chi connectivity index (χ4v) is 4.22. The lowest BCUT2D eigenvalue weighted by Crippen LogP contribution is -2.37. The molecule has 0 unspecified atom stereocenters. The first-order chi connectivity index (χ1) is 13.9. The monoisotopic (exact) mass is 408 g/mol. The highest BCUT2D eigenvalue weighted by atomic mass is 35.5. The van der Waals surface area contributed by atoms with E-state index in [2.05, 4.69) is 4.90 Å². The summed E-state index contributed by atoms with van der Waals surface area (Å²) in [6, 6.07) is 11.3. The van der Waals surface area contributed by atoms with Gasteiger partial charge in [-0.3, -0.25) is 9.59 Å². The molecular weight excluding hydrogens is 384 g/mol. The van der Waals surface area contributed by atoms with Crippen LogP contribution in [0.3, 0.4) is 0 Å². The summed E-state index contributed by atoms with van der Waals surface area (Å²) in [5, 5.41) is 0.544. The number of piperidine rings is 1. The minimum absolute atomic E-state index is 0.259. The summed E-state index contributed by atoms with van der Waals surface area (Å²) in [4.78, 5) is 30.4. The largest absolute Gasteiger partial charge is 0.366 e. The Balaban J connectivity index is 1.85. The van der Waals surface area contributed by atoms with Crippen molar-refractivity contribution in [2.75, 3.05) is 18.0 Å². The molecule has 0 spiro atoms. The van der Waals surface area contributed by atoms with Crippen molar-refractivity contribution in [3.8, 4) is 0 Å². The molecule has 1 fully saturated rings. The van der Waals surface area contributed by atoms with Gasteiger partial charge in [0.2, 0.25) is 0 Å². The van der Waals surface area contributed by atoms with E-state index >= 15 is 0 Å². The maximum Gasteiger partial charge on any atom is 0.282 e. The van der Waals surface area contributed by atoms with Crippen LogP contribution < -0.4 is 4.90 Å². The lowest BCUT2D eigenvalue weighted by Gasteiger charge is -2.29. The molecule has 0 bridgehead atoms. The van der Waals surface area contributed by atoms with Crippen molar-refractivity contribution in [1.82, 2.24) is 4.90 Å². The molecule has 0 aromatic heterocycles. The van der Waals surface area contributed by atoms with E-state index in [1.807, 2.05) is 45.0 Å². The average Bonchev–Trinajstić information content (AvgIpc) is 2.97. The van der Waals surface area contributed by atoms with Gasteiger partial charge < -0.3 is 4.90 Å². The number of benzene rings is 2. The molecule has 150 valence electrons. The Hall–Kier alpha value is -2.59. The number of likely N-dealkylation sites (tertiary alicyclic amines) is 1. The van der Waals surface area contributed by atoms with E-state index in [0.29, 0.717) is 22.0 Å². The van der Waals surface area contributed by atoms with E-state index < -0.39 is 0 Å². The molecule has 29 heavy (non-hydrogen) atoms. The van der Waals surface area contributed by atoms with E-state index in [1.54, 1.807) is 12.1 Å². The highest BCUT2D eigenvalue weighted by Crippen LogP contribution is 2.37. The molecule has 5 heteroatoms. The van der Waals surface area contributed by atoms with Gasteiger partial charge in [-0.25, -0.2) is 4.90 Å². The van der Waals surface area contributed by atoms with Crippen molar-refractivity contribution >= 4 is 34.7 Å². The van der Waals surface area contributed by atoms with Gasteiger partial charge in [0.15, 0.2) is 0 Å². The van der Waals surface area contributed by atoms with Crippen molar-refractivity contribution in [3.05, 3.63) is 69.4 Å². The van der Waals surface area contributed by atoms with Crippen LogP contribution in [0.25, 0.3) is 5.57 Å². The van der Waals surface area contributed by atoms with Gasteiger partial charge in [-0.05, 0) is 74.4 Å². The molecule has 0 saturated carbocycles. The summed E-state index contributed by atoms with van der Waals surface area (Å²) in [6.07, 6.45) is 3.21. The van der Waals surface area contributed by atoms with Crippen molar-refractivity contribution < 1.29 is 9.59 Å². The lowest BCUT2D eigenvalue weighted by atomic mass is 9.98. The minimum Gasteiger partial charge on any atom is -0.366 e. The van der Waals surface area contributed by atoms with Gasteiger partial charge in [-0.1, -0.05) is 35.9 Å². The standard InChI is InChI=1S/C24H25ClN2O2/c1-15-7-9-18(13-17(15)3)21-22(26-11-5-4-6-12-26)24(29)27(23(21)28)19-10-8-16(2)20(25)14-19/h7-10,13-14H,4-6,11-12H2,1-3H3. The Kier molecular flexibility index (Phi) is 5.22. The number of amides is 2.